The van der Waals surface area contributed by atoms with Crippen LogP contribution >= 0.6 is 0 Å². The highest BCUT2D eigenvalue weighted by Crippen LogP contribution is 2.03. The number of aliphatic hydroxyl groups excluding tert-OH is 1. The maximum absolute atomic E-state index is 8.83. The fraction of sp³-hybridized carbons (Fsp3) is 0.778. The van der Waals surface area contributed by atoms with Gasteiger partial charge in [0.15, 0.2) is 0 Å². The second-order valence-corrected chi connectivity index (χ2v) is 3.14. The summed E-state index contributed by atoms with van der Waals surface area (Å²) in [5.74, 6) is 0.763. The van der Waals surface area contributed by atoms with E-state index in [1.807, 2.05) is 12.2 Å². The Morgan fingerprint density at radius 3 is 2.30 bits per heavy atom. The topological polar surface area (TPSA) is 20.2 Å². The van der Waals surface area contributed by atoms with Crippen molar-refractivity contribution in [3.05, 3.63) is 12.2 Å². The van der Waals surface area contributed by atoms with E-state index in [0.29, 0.717) is 0 Å². The van der Waals surface area contributed by atoms with E-state index in [2.05, 4.69) is 13.8 Å². The monoisotopic (exact) mass is 142 g/mol. The standard InChI is InChI=1S/C9H18O/c1-8(2)6-4-5-7-9(3)10/h5,7-10H,4,6H2,1-3H3. The quantitative estimate of drug-likeness (QED) is 0.597. The van der Waals surface area contributed by atoms with Crippen LogP contribution in [0.2, 0.25) is 0 Å². The van der Waals surface area contributed by atoms with Gasteiger partial charge in [-0.3, -0.25) is 0 Å². The molecule has 0 aromatic rings. The Balaban J connectivity index is 3.19. The Hall–Kier alpha value is -0.300. The molecule has 0 amide bonds. The molecule has 0 aromatic heterocycles. The van der Waals surface area contributed by atoms with E-state index < -0.39 is 0 Å². The van der Waals surface area contributed by atoms with Gasteiger partial charge in [0, 0.05) is 0 Å². The number of hydrogen-bond donors (Lipinski definition) is 1. The third kappa shape index (κ3) is 7.70. The predicted octanol–water partition coefficient (Wildman–Crippen LogP) is 2.36. The fourth-order valence-electron chi connectivity index (χ4n) is 0.723. The van der Waals surface area contributed by atoms with E-state index in [-0.39, 0.29) is 6.10 Å². The number of allylic oxidation sites excluding steroid dienone is 1. The van der Waals surface area contributed by atoms with E-state index in [0.717, 1.165) is 12.3 Å². The molecule has 0 saturated carbocycles. The van der Waals surface area contributed by atoms with Crippen LogP contribution in [0.3, 0.4) is 0 Å². The van der Waals surface area contributed by atoms with E-state index in [4.69, 9.17) is 5.11 Å². The lowest BCUT2D eigenvalue weighted by atomic mass is 10.1. The van der Waals surface area contributed by atoms with Gasteiger partial charge in [0.05, 0.1) is 6.10 Å². The first-order valence-corrected chi connectivity index (χ1v) is 3.97. The van der Waals surface area contributed by atoms with Gasteiger partial charge in [-0.2, -0.15) is 0 Å². The summed E-state index contributed by atoms with van der Waals surface area (Å²) < 4.78 is 0. The van der Waals surface area contributed by atoms with E-state index in [1.165, 1.54) is 6.42 Å². The molecule has 0 aliphatic heterocycles. The Labute approximate surface area is 63.8 Å². The summed E-state index contributed by atoms with van der Waals surface area (Å²) in [7, 11) is 0. The highest BCUT2D eigenvalue weighted by atomic mass is 16.3. The van der Waals surface area contributed by atoms with Gasteiger partial charge in [-0.05, 0) is 25.7 Å². The molecule has 0 saturated heterocycles. The zero-order valence-corrected chi connectivity index (χ0v) is 7.17. The van der Waals surface area contributed by atoms with Crippen molar-refractivity contribution in [2.24, 2.45) is 5.92 Å². The average molecular weight is 142 g/mol. The minimum atomic E-state index is -0.285. The molecule has 0 bridgehead atoms. The van der Waals surface area contributed by atoms with Crippen molar-refractivity contribution in [1.29, 1.82) is 0 Å². The lowest BCUT2D eigenvalue weighted by Crippen LogP contribution is -1.92. The molecule has 1 nitrogen and oxygen atoms in total. The van der Waals surface area contributed by atoms with Crippen molar-refractivity contribution in [3.8, 4) is 0 Å². The van der Waals surface area contributed by atoms with Crippen molar-refractivity contribution >= 4 is 0 Å². The third-order valence-electron chi connectivity index (χ3n) is 1.33. The molecular formula is C9H18O. The highest BCUT2D eigenvalue weighted by Gasteiger charge is 1.90. The largest absolute Gasteiger partial charge is 0.389 e. The predicted molar refractivity (Wildman–Crippen MR) is 44.9 cm³/mol. The molecule has 1 N–H and O–H groups in total. The van der Waals surface area contributed by atoms with Crippen molar-refractivity contribution in [2.45, 2.75) is 39.7 Å². The Morgan fingerprint density at radius 2 is 1.90 bits per heavy atom. The normalized spacial score (nSPS) is 14.9. The zero-order chi connectivity index (χ0) is 7.98. The van der Waals surface area contributed by atoms with Gasteiger partial charge in [-0.25, -0.2) is 0 Å². The lowest BCUT2D eigenvalue weighted by Gasteiger charge is -1.99. The minimum absolute atomic E-state index is 0.285. The highest BCUT2D eigenvalue weighted by molar-refractivity contribution is 4.86. The molecule has 0 radical (unpaired) electrons. The molecule has 0 fully saturated rings. The molecule has 1 unspecified atom stereocenters. The van der Waals surface area contributed by atoms with Crippen LogP contribution in [-0.4, -0.2) is 11.2 Å². The number of rotatable bonds is 4. The van der Waals surface area contributed by atoms with Gasteiger partial charge in [0.25, 0.3) is 0 Å². The molecule has 0 rings (SSSR count). The summed E-state index contributed by atoms with van der Waals surface area (Å²) in [5, 5.41) is 8.83. The summed E-state index contributed by atoms with van der Waals surface area (Å²) >= 11 is 0. The minimum Gasteiger partial charge on any atom is -0.389 e. The smallest absolute Gasteiger partial charge is 0.0692 e. The molecule has 0 aliphatic rings. The Bertz CT molecular complexity index is 92.9. The summed E-state index contributed by atoms with van der Waals surface area (Å²) in [4.78, 5) is 0. The van der Waals surface area contributed by atoms with Crippen LogP contribution in [0.5, 0.6) is 0 Å². The van der Waals surface area contributed by atoms with Crippen molar-refractivity contribution in [3.63, 3.8) is 0 Å². The average Bonchev–Trinajstić information content (AvgIpc) is 1.79. The zero-order valence-electron chi connectivity index (χ0n) is 7.17. The molecule has 60 valence electrons. The van der Waals surface area contributed by atoms with Crippen LogP contribution in [0.1, 0.15) is 33.6 Å². The molecule has 0 aliphatic carbocycles. The van der Waals surface area contributed by atoms with Gasteiger partial charge in [0.1, 0.15) is 0 Å². The van der Waals surface area contributed by atoms with Crippen molar-refractivity contribution in [1.82, 2.24) is 0 Å². The summed E-state index contributed by atoms with van der Waals surface area (Å²) in [6, 6.07) is 0. The summed E-state index contributed by atoms with van der Waals surface area (Å²) in [5.41, 5.74) is 0. The van der Waals surface area contributed by atoms with E-state index in [9.17, 15) is 0 Å². The SMILES string of the molecule is CC(O)C=CCCC(C)C. The Morgan fingerprint density at radius 1 is 1.30 bits per heavy atom. The van der Waals surface area contributed by atoms with Crippen LogP contribution in [0.4, 0.5) is 0 Å². The molecule has 10 heavy (non-hydrogen) atoms. The first kappa shape index (κ1) is 9.70. The van der Waals surface area contributed by atoms with Crippen molar-refractivity contribution < 1.29 is 5.11 Å². The molecule has 0 spiro atoms. The fourth-order valence-corrected chi connectivity index (χ4v) is 0.723. The van der Waals surface area contributed by atoms with Crippen LogP contribution in [-0.2, 0) is 0 Å². The molecule has 0 heterocycles. The van der Waals surface area contributed by atoms with Crippen LogP contribution in [0.15, 0.2) is 12.2 Å². The first-order valence-electron chi connectivity index (χ1n) is 3.97. The molecule has 1 atom stereocenters. The van der Waals surface area contributed by atoms with Gasteiger partial charge in [-0.1, -0.05) is 26.0 Å². The first-order chi connectivity index (χ1) is 4.63. The second-order valence-electron chi connectivity index (χ2n) is 3.14. The lowest BCUT2D eigenvalue weighted by molar-refractivity contribution is 0.243. The van der Waals surface area contributed by atoms with Gasteiger partial charge >= 0.3 is 0 Å². The van der Waals surface area contributed by atoms with Crippen LogP contribution < -0.4 is 0 Å². The molecule has 0 aromatic carbocycles. The number of hydrogen-bond acceptors (Lipinski definition) is 1. The molecule has 1 heteroatoms. The number of aliphatic hydroxyl groups is 1. The maximum atomic E-state index is 8.83. The van der Waals surface area contributed by atoms with Crippen LogP contribution in [0.25, 0.3) is 0 Å². The Kier molecular flexibility index (Phi) is 5.32. The summed E-state index contributed by atoms with van der Waals surface area (Å²) in [6.07, 6.45) is 5.89. The van der Waals surface area contributed by atoms with Gasteiger partial charge in [-0.15, -0.1) is 0 Å². The van der Waals surface area contributed by atoms with E-state index >= 15 is 0 Å². The van der Waals surface area contributed by atoms with Crippen LogP contribution in [0, 0.1) is 5.92 Å². The van der Waals surface area contributed by atoms with Gasteiger partial charge in [0.2, 0.25) is 0 Å². The second kappa shape index (κ2) is 5.48. The third-order valence-corrected chi connectivity index (χ3v) is 1.33. The molecular weight excluding hydrogens is 124 g/mol. The van der Waals surface area contributed by atoms with Gasteiger partial charge < -0.3 is 5.11 Å². The maximum Gasteiger partial charge on any atom is 0.0692 e. The van der Waals surface area contributed by atoms with Crippen molar-refractivity contribution in [2.75, 3.05) is 0 Å². The van der Waals surface area contributed by atoms with E-state index in [1.54, 1.807) is 6.92 Å². The summed E-state index contributed by atoms with van der Waals surface area (Å²) in [6.45, 7) is 6.18.